The van der Waals surface area contributed by atoms with Gasteiger partial charge in [-0.25, -0.2) is 4.79 Å². The van der Waals surface area contributed by atoms with Crippen molar-refractivity contribution in [3.05, 3.63) is 29.5 Å². The third-order valence-corrected chi connectivity index (χ3v) is 4.06. The lowest BCUT2D eigenvalue weighted by molar-refractivity contribution is 0.0491. The molecule has 2 aromatic rings. The first-order chi connectivity index (χ1) is 12.3. The first-order valence-corrected chi connectivity index (χ1v) is 9.40. The molecule has 1 unspecified atom stereocenters. The summed E-state index contributed by atoms with van der Waals surface area (Å²) >= 11 is 0. The summed E-state index contributed by atoms with van der Waals surface area (Å²) in [4.78, 5) is 12.1. The van der Waals surface area contributed by atoms with E-state index in [2.05, 4.69) is 33.0 Å². The summed E-state index contributed by atoms with van der Waals surface area (Å²) in [7, 11) is 0. The summed E-state index contributed by atoms with van der Waals surface area (Å²) in [6.45, 7) is 12.5. The van der Waals surface area contributed by atoms with Gasteiger partial charge in [-0.1, -0.05) is 19.4 Å². The summed E-state index contributed by atoms with van der Waals surface area (Å²) in [6, 6.07) is 5.64. The van der Waals surface area contributed by atoms with Crippen molar-refractivity contribution in [3.63, 3.8) is 0 Å². The SMILES string of the molecule is CCCCC(NC(C)(C)C)Oc1cccc2oc(C(=O)OCC)c(C)c12. The van der Waals surface area contributed by atoms with E-state index in [1.165, 1.54) is 0 Å². The van der Waals surface area contributed by atoms with E-state index in [1.54, 1.807) is 6.92 Å². The van der Waals surface area contributed by atoms with Gasteiger partial charge in [0.25, 0.3) is 0 Å². The van der Waals surface area contributed by atoms with E-state index < -0.39 is 5.97 Å². The van der Waals surface area contributed by atoms with Gasteiger partial charge in [0.15, 0.2) is 6.23 Å². The van der Waals surface area contributed by atoms with Gasteiger partial charge in [0.1, 0.15) is 11.3 Å². The van der Waals surface area contributed by atoms with Crippen LogP contribution in [0.1, 0.15) is 70.0 Å². The average Bonchev–Trinajstić information content (AvgIpc) is 2.89. The molecule has 0 fully saturated rings. The van der Waals surface area contributed by atoms with Crippen molar-refractivity contribution >= 4 is 16.9 Å². The first kappa shape index (κ1) is 20.3. The van der Waals surface area contributed by atoms with Crippen LogP contribution < -0.4 is 10.1 Å². The largest absolute Gasteiger partial charge is 0.475 e. The fraction of sp³-hybridized carbons (Fsp3) is 0.571. The highest BCUT2D eigenvalue weighted by Crippen LogP contribution is 2.34. The predicted molar refractivity (Wildman–Crippen MR) is 104 cm³/mol. The van der Waals surface area contributed by atoms with Gasteiger partial charge in [0.2, 0.25) is 5.76 Å². The molecule has 0 aliphatic rings. The number of aryl methyl sites for hydroxylation is 1. The van der Waals surface area contributed by atoms with Gasteiger partial charge >= 0.3 is 5.97 Å². The van der Waals surface area contributed by atoms with E-state index in [0.717, 1.165) is 36.0 Å². The second kappa shape index (κ2) is 8.58. The smallest absolute Gasteiger partial charge is 0.374 e. The van der Waals surface area contributed by atoms with Crippen LogP contribution in [0.3, 0.4) is 0 Å². The molecular weight excluding hydrogens is 330 g/mol. The maximum atomic E-state index is 12.1. The molecule has 1 heterocycles. The quantitative estimate of drug-likeness (QED) is 0.517. The van der Waals surface area contributed by atoms with Crippen molar-refractivity contribution in [1.82, 2.24) is 5.32 Å². The lowest BCUT2D eigenvalue weighted by Crippen LogP contribution is -2.46. The molecule has 26 heavy (non-hydrogen) atoms. The summed E-state index contributed by atoms with van der Waals surface area (Å²) in [5.41, 5.74) is 1.32. The molecule has 2 rings (SSSR count). The Morgan fingerprint density at radius 3 is 2.62 bits per heavy atom. The number of ether oxygens (including phenoxy) is 2. The van der Waals surface area contributed by atoms with Gasteiger partial charge in [-0.3, -0.25) is 5.32 Å². The van der Waals surface area contributed by atoms with E-state index >= 15 is 0 Å². The minimum absolute atomic E-state index is 0.0617. The third kappa shape index (κ3) is 5.01. The zero-order valence-corrected chi connectivity index (χ0v) is 16.8. The molecule has 0 aliphatic carbocycles. The Bertz CT molecular complexity index is 742. The highest BCUT2D eigenvalue weighted by atomic mass is 16.5. The highest BCUT2D eigenvalue weighted by molar-refractivity contribution is 5.98. The van der Waals surface area contributed by atoms with Crippen LogP contribution in [0.5, 0.6) is 5.75 Å². The summed E-state index contributed by atoms with van der Waals surface area (Å²) in [5, 5.41) is 4.36. The monoisotopic (exact) mass is 361 g/mol. The van der Waals surface area contributed by atoms with Gasteiger partial charge in [-0.2, -0.15) is 0 Å². The molecule has 1 aromatic heterocycles. The van der Waals surface area contributed by atoms with Crippen LogP contribution in [-0.4, -0.2) is 24.3 Å². The number of fused-ring (bicyclic) bond motifs is 1. The highest BCUT2D eigenvalue weighted by Gasteiger charge is 2.24. The van der Waals surface area contributed by atoms with Crippen molar-refractivity contribution in [1.29, 1.82) is 0 Å². The second-order valence-electron chi connectivity index (χ2n) is 7.55. The van der Waals surface area contributed by atoms with Crippen molar-refractivity contribution < 1.29 is 18.7 Å². The number of esters is 1. The fourth-order valence-corrected chi connectivity index (χ4v) is 2.94. The van der Waals surface area contributed by atoms with Crippen molar-refractivity contribution in [2.75, 3.05) is 6.61 Å². The van der Waals surface area contributed by atoms with E-state index in [1.807, 2.05) is 25.1 Å². The van der Waals surface area contributed by atoms with Crippen molar-refractivity contribution in [2.45, 2.75) is 72.6 Å². The maximum Gasteiger partial charge on any atom is 0.374 e. The minimum Gasteiger partial charge on any atom is -0.475 e. The molecule has 5 nitrogen and oxygen atoms in total. The number of benzene rings is 1. The molecule has 5 heteroatoms. The normalized spacial score (nSPS) is 13.0. The number of hydrogen-bond acceptors (Lipinski definition) is 5. The molecule has 0 amide bonds. The fourth-order valence-electron chi connectivity index (χ4n) is 2.94. The Labute approximate surface area is 156 Å². The summed E-state index contributed by atoms with van der Waals surface area (Å²) < 4.78 is 17.2. The van der Waals surface area contributed by atoms with Gasteiger partial charge in [0, 0.05) is 11.1 Å². The van der Waals surface area contributed by atoms with E-state index in [0.29, 0.717) is 12.2 Å². The number of carbonyl (C=O) groups excluding carboxylic acids is 1. The lowest BCUT2D eigenvalue weighted by Gasteiger charge is -2.29. The van der Waals surface area contributed by atoms with E-state index in [4.69, 9.17) is 13.9 Å². The topological polar surface area (TPSA) is 60.7 Å². The van der Waals surface area contributed by atoms with Gasteiger partial charge < -0.3 is 13.9 Å². The van der Waals surface area contributed by atoms with Crippen LogP contribution >= 0.6 is 0 Å². The van der Waals surface area contributed by atoms with Crippen molar-refractivity contribution in [2.24, 2.45) is 0 Å². The lowest BCUT2D eigenvalue weighted by atomic mass is 10.1. The van der Waals surface area contributed by atoms with Crippen molar-refractivity contribution in [3.8, 4) is 5.75 Å². The second-order valence-corrected chi connectivity index (χ2v) is 7.55. The maximum absolute atomic E-state index is 12.1. The molecular formula is C21H31NO4. The number of carbonyl (C=O) groups is 1. The van der Waals surface area contributed by atoms with E-state index in [9.17, 15) is 4.79 Å². The number of rotatable bonds is 8. The Hall–Kier alpha value is -2.01. The standard InChI is InChI=1S/C21H31NO4/c1-7-9-13-17(22-21(4,5)6)25-15-11-10-12-16-18(15)14(3)19(26-16)20(23)24-8-2/h10-12,17,22H,7-9,13H2,1-6H3. The molecule has 0 saturated carbocycles. The molecule has 1 N–H and O–H groups in total. The van der Waals surface area contributed by atoms with Crippen LogP contribution in [0, 0.1) is 6.92 Å². The average molecular weight is 361 g/mol. The molecule has 1 aromatic carbocycles. The van der Waals surface area contributed by atoms with E-state index in [-0.39, 0.29) is 17.5 Å². The zero-order chi connectivity index (χ0) is 19.3. The number of hydrogen-bond donors (Lipinski definition) is 1. The first-order valence-electron chi connectivity index (χ1n) is 9.40. The Kier molecular flexibility index (Phi) is 6.70. The Balaban J connectivity index is 2.36. The summed E-state index contributed by atoms with van der Waals surface area (Å²) in [5.74, 6) is 0.520. The molecule has 0 radical (unpaired) electrons. The summed E-state index contributed by atoms with van der Waals surface area (Å²) in [6.07, 6.45) is 2.97. The van der Waals surface area contributed by atoms with Crippen LogP contribution in [0.2, 0.25) is 0 Å². The van der Waals surface area contributed by atoms with Crippen LogP contribution in [-0.2, 0) is 4.74 Å². The number of furan rings is 1. The van der Waals surface area contributed by atoms with Crippen LogP contribution in [0.4, 0.5) is 0 Å². The molecule has 144 valence electrons. The predicted octanol–water partition coefficient (Wildman–Crippen LogP) is 5.20. The Morgan fingerprint density at radius 1 is 1.27 bits per heavy atom. The van der Waals surface area contributed by atoms with Gasteiger partial charge in [-0.15, -0.1) is 0 Å². The van der Waals surface area contributed by atoms with Crippen LogP contribution in [0.15, 0.2) is 22.6 Å². The van der Waals surface area contributed by atoms with Crippen LogP contribution in [0.25, 0.3) is 11.0 Å². The van der Waals surface area contributed by atoms with Gasteiger partial charge in [0.05, 0.1) is 12.0 Å². The Morgan fingerprint density at radius 2 is 2.00 bits per heavy atom. The number of unbranched alkanes of at least 4 members (excludes halogenated alkanes) is 1. The third-order valence-electron chi connectivity index (χ3n) is 4.06. The molecule has 0 bridgehead atoms. The van der Waals surface area contributed by atoms with Gasteiger partial charge in [-0.05, 0) is 59.6 Å². The minimum atomic E-state index is -0.442. The molecule has 0 aliphatic heterocycles. The number of nitrogens with one attached hydrogen (secondary N) is 1. The molecule has 0 saturated heterocycles. The zero-order valence-electron chi connectivity index (χ0n) is 16.8. The molecule has 0 spiro atoms. The molecule has 1 atom stereocenters.